The highest BCUT2D eigenvalue weighted by Crippen LogP contribution is 2.50. The summed E-state index contributed by atoms with van der Waals surface area (Å²) < 4.78 is 13.7. The second-order valence-electron chi connectivity index (χ2n) is 5.06. The van der Waals surface area contributed by atoms with Gasteiger partial charge in [-0.25, -0.2) is 4.39 Å². The van der Waals surface area contributed by atoms with E-state index in [0.29, 0.717) is 5.56 Å². The van der Waals surface area contributed by atoms with E-state index in [2.05, 4.69) is 18.8 Å². The maximum atomic E-state index is 13.7. The van der Waals surface area contributed by atoms with Crippen molar-refractivity contribution in [3.8, 4) is 0 Å². The first-order valence-corrected chi connectivity index (χ1v) is 5.36. The van der Waals surface area contributed by atoms with E-state index in [9.17, 15) is 4.39 Å². The fourth-order valence-corrected chi connectivity index (χ4v) is 2.61. The Morgan fingerprint density at radius 3 is 2.67 bits per heavy atom. The molecule has 0 amide bonds. The molecule has 1 atom stereocenters. The molecule has 1 fully saturated rings. The second kappa shape index (κ2) is 3.27. The summed E-state index contributed by atoms with van der Waals surface area (Å²) in [7, 11) is 0. The third-order valence-electron chi connectivity index (χ3n) is 3.83. The molecule has 0 aliphatic heterocycles. The summed E-state index contributed by atoms with van der Waals surface area (Å²) in [6.07, 6.45) is 5.82. The van der Waals surface area contributed by atoms with E-state index in [1.807, 2.05) is 0 Å². The van der Waals surface area contributed by atoms with Crippen molar-refractivity contribution in [1.82, 2.24) is 4.98 Å². The van der Waals surface area contributed by atoms with Crippen LogP contribution >= 0.6 is 0 Å². The molecule has 0 aromatic carbocycles. The van der Waals surface area contributed by atoms with Crippen LogP contribution < -0.4 is 5.73 Å². The third kappa shape index (κ3) is 1.46. The molecule has 0 bridgehead atoms. The Bertz CT molecular complexity index is 376. The lowest BCUT2D eigenvalue weighted by Crippen LogP contribution is -2.46. The lowest BCUT2D eigenvalue weighted by atomic mass is 9.71. The number of hydrogen-bond donors (Lipinski definition) is 1. The van der Waals surface area contributed by atoms with Crippen LogP contribution in [0.25, 0.3) is 0 Å². The first-order chi connectivity index (χ1) is 6.97. The SMILES string of the molecule is CC1(C)CCCC1(N)c1ccncc1F. The Morgan fingerprint density at radius 2 is 2.13 bits per heavy atom. The number of hydrogen-bond acceptors (Lipinski definition) is 2. The molecule has 1 aliphatic rings. The van der Waals surface area contributed by atoms with Crippen molar-refractivity contribution in [3.63, 3.8) is 0 Å². The first kappa shape index (κ1) is 10.6. The standard InChI is InChI=1S/C12H17FN2/c1-11(2)5-3-6-12(11,14)9-4-7-15-8-10(9)13/h4,7-8H,3,5-6,14H2,1-2H3. The van der Waals surface area contributed by atoms with Crippen LogP contribution in [0, 0.1) is 11.2 Å². The van der Waals surface area contributed by atoms with Crippen LogP contribution in [-0.4, -0.2) is 4.98 Å². The van der Waals surface area contributed by atoms with E-state index in [4.69, 9.17) is 5.73 Å². The van der Waals surface area contributed by atoms with E-state index in [0.717, 1.165) is 19.3 Å². The van der Waals surface area contributed by atoms with Gasteiger partial charge in [-0.15, -0.1) is 0 Å². The zero-order valence-electron chi connectivity index (χ0n) is 9.26. The van der Waals surface area contributed by atoms with Crippen LogP contribution in [0.3, 0.4) is 0 Å². The summed E-state index contributed by atoms with van der Waals surface area (Å²) in [5.41, 5.74) is 6.41. The summed E-state index contributed by atoms with van der Waals surface area (Å²) in [6.45, 7) is 4.22. The Hall–Kier alpha value is -0.960. The average molecular weight is 208 g/mol. The van der Waals surface area contributed by atoms with Gasteiger partial charge in [-0.3, -0.25) is 4.98 Å². The van der Waals surface area contributed by atoms with Crippen LogP contribution in [0.2, 0.25) is 0 Å². The van der Waals surface area contributed by atoms with Crippen molar-refractivity contribution in [2.24, 2.45) is 11.1 Å². The van der Waals surface area contributed by atoms with Crippen molar-refractivity contribution in [2.45, 2.75) is 38.6 Å². The first-order valence-electron chi connectivity index (χ1n) is 5.36. The molecule has 1 aromatic rings. The van der Waals surface area contributed by atoms with Gasteiger partial charge in [-0.2, -0.15) is 0 Å². The predicted molar refractivity (Wildman–Crippen MR) is 57.7 cm³/mol. The average Bonchev–Trinajstić information content (AvgIpc) is 2.43. The normalized spacial score (nSPS) is 29.3. The van der Waals surface area contributed by atoms with Gasteiger partial charge in [0, 0.05) is 17.3 Å². The minimum atomic E-state index is -0.542. The molecule has 0 radical (unpaired) electrons. The third-order valence-corrected chi connectivity index (χ3v) is 3.83. The number of halogens is 1. The van der Waals surface area contributed by atoms with E-state index in [-0.39, 0.29) is 11.2 Å². The van der Waals surface area contributed by atoms with E-state index in [1.165, 1.54) is 6.20 Å². The van der Waals surface area contributed by atoms with Crippen LogP contribution in [-0.2, 0) is 5.54 Å². The van der Waals surface area contributed by atoms with E-state index in [1.54, 1.807) is 12.3 Å². The van der Waals surface area contributed by atoms with Crippen molar-refractivity contribution in [2.75, 3.05) is 0 Å². The molecule has 1 aromatic heterocycles. The molecule has 2 N–H and O–H groups in total. The highest BCUT2D eigenvalue weighted by molar-refractivity contribution is 5.27. The monoisotopic (exact) mass is 208 g/mol. The van der Waals surface area contributed by atoms with Crippen molar-refractivity contribution in [1.29, 1.82) is 0 Å². The lowest BCUT2D eigenvalue weighted by Gasteiger charge is -2.38. The van der Waals surface area contributed by atoms with Gasteiger partial charge < -0.3 is 5.73 Å². The number of nitrogens with zero attached hydrogens (tertiary/aromatic N) is 1. The summed E-state index contributed by atoms with van der Waals surface area (Å²) in [4.78, 5) is 3.76. The topological polar surface area (TPSA) is 38.9 Å². The molecule has 82 valence electrons. The van der Waals surface area contributed by atoms with Gasteiger partial charge >= 0.3 is 0 Å². The Balaban J connectivity index is 2.50. The van der Waals surface area contributed by atoms with Crippen LogP contribution in [0.15, 0.2) is 18.5 Å². The fourth-order valence-electron chi connectivity index (χ4n) is 2.61. The van der Waals surface area contributed by atoms with Crippen molar-refractivity contribution in [3.05, 3.63) is 29.8 Å². The Morgan fingerprint density at radius 1 is 1.40 bits per heavy atom. The van der Waals surface area contributed by atoms with Gasteiger partial charge in [-0.1, -0.05) is 20.3 Å². The Labute approximate surface area is 89.7 Å². The predicted octanol–water partition coefficient (Wildman–Crippen LogP) is 2.58. The summed E-state index contributed by atoms with van der Waals surface area (Å²) in [6, 6.07) is 1.71. The van der Waals surface area contributed by atoms with Gasteiger partial charge in [0.25, 0.3) is 0 Å². The van der Waals surface area contributed by atoms with Gasteiger partial charge in [0.05, 0.1) is 6.20 Å². The molecule has 0 saturated heterocycles. The minimum Gasteiger partial charge on any atom is -0.321 e. The number of rotatable bonds is 1. The summed E-state index contributed by atoms with van der Waals surface area (Å²) in [5.74, 6) is -0.282. The molecule has 1 unspecified atom stereocenters. The van der Waals surface area contributed by atoms with Gasteiger partial charge in [0.15, 0.2) is 0 Å². The molecular formula is C12H17FN2. The zero-order valence-corrected chi connectivity index (χ0v) is 9.26. The van der Waals surface area contributed by atoms with Crippen LogP contribution in [0.4, 0.5) is 4.39 Å². The fraction of sp³-hybridized carbons (Fsp3) is 0.583. The van der Waals surface area contributed by atoms with E-state index < -0.39 is 5.54 Å². The highest BCUT2D eigenvalue weighted by atomic mass is 19.1. The van der Waals surface area contributed by atoms with E-state index >= 15 is 0 Å². The molecular weight excluding hydrogens is 191 g/mol. The molecule has 1 saturated carbocycles. The number of nitrogens with two attached hydrogens (primary N) is 1. The number of pyridine rings is 1. The van der Waals surface area contributed by atoms with Crippen molar-refractivity contribution < 1.29 is 4.39 Å². The lowest BCUT2D eigenvalue weighted by molar-refractivity contribution is 0.204. The molecule has 15 heavy (non-hydrogen) atoms. The molecule has 2 rings (SSSR count). The van der Waals surface area contributed by atoms with Gasteiger partial charge in [0.1, 0.15) is 5.82 Å². The van der Waals surface area contributed by atoms with Gasteiger partial charge in [-0.05, 0) is 24.3 Å². The molecule has 3 heteroatoms. The zero-order chi connectivity index (χ0) is 11.1. The molecule has 1 heterocycles. The maximum absolute atomic E-state index is 13.7. The quantitative estimate of drug-likeness (QED) is 0.770. The largest absolute Gasteiger partial charge is 0.321 e. The Kier molecular flexibility index (Phi) is 2.30. The summed E-state index contributed by atoms with van der Waals surface area (Å²) in [5, 5.41) is 0. The van der Waals surface area contributed by atoms with Crippen molar-refractivity contribution >= 4 is 0 Å². The minimum absolute atomic E-state index is 0.0464. The highest BCUT2D eigenvalue weighted by Gasteiger charge is 2.48. The number of aromatic nitrogens is 1. The molecule has 1 aliphatic carbocycles. The molecule has 2 nitrogen and oxygen atoms in total. The van der Waals surface area contributed by atoms with Crippen LogP contribution in [0.1, 0.15) is 38.7 Å². The second-order valence-corrected chi connectivity index (χ2v) is 5.06. The smallest absolute Gasteiger partial charge is 0.146 e. The molecule has 0 spiro atoms. The maximum Gasteiger partial charge on any atom is 0.146 e. The van der Waals surface area contributed by atoms with Gasteiger partial charge in [0.2, 0.25) is 0 Å². The van der Waals surface area contributed by atoms with Crippen LogP contribution in [0.5, 0.6) is 0 Å². The summed E-state index contributed by atoms with van der Waals surface area (Å²) >= 11 is 0.